The van der Waals surface area contributed by atoms with E-state index >= 15 is 0 Å². The summed E-state index contributed by atoms with van der Waals surface area (Å²) in [5.74, 6) is 0.834. The van der Waals surface area contributed by atoms with Crippen LogP contribution < -0.4 is 10.6 Å². The lowest BCUT2D eigenvalue weighted by Gasteiger charge is -2.33. The number of hydrogen-bond acceptors (Lipinski definition) is 4. The summed E-state index contributed by atoms with van der Waals surface area (Å²) in [6, 6.07) is 10.4. The van der Waals surface area contributed by atoms with Gasteiger partial charge in [0.1, 0.15) is 11.6 Å². The lowest BCUT2D eigenvalue weighted by Crippen LogP contribution is -2.45. The van der Waals surface area contributed by atoms with E-state index in [2.05, 4.69) is 15.6 Å². The molecule has 2 heterocycles. The minimum Gasteiger partial charge on any atom is -0.338 e. The molecule has 6 heteroatoms. The Morgan fingerprint density at radius 3 is 2.63 bits per heavy atom. The van der Waals surface area contributed by atoms with E-state index < -0.39 is 0 Å². The number of aromatic nitrogens is 1. The molecule has 4 rings (SSSR count). The highest BCUT2D eigenvalue weighted by atomic mass is 19.1. The molecule has 1 amide bonds. The Bertz CT molecular complexity index is 800. The summed E-state index contributed by atoms with van der Waals surface area (Å²) < 4.78 is 13.9. The highest BCUT2D eigenvalue weighted by Gasteiger charge is 2.27. The van der Waals surface area contributed by atoms with Crippen LogP contribution in [-0.4, -0.2) is 41.5 Å². The number of anilines is 2. The summed E-state index contributed by atoms with van der Waals surface area (Å²) in [5.41, 5.74) is 0.790. The standard InChI is InChI=1S/C21H25FN4O/c22-18-5-1-2-6-19(18)25-20-17(4-3-11-23-20)21(27)26-12-9-16(10-13-26)24-14-15-7-8-15/h1-6,11,15-16,24H,7-10,12-14H2,(H,23,25). The van der Waals surface area contributed by atoms with Crippen LogP contribution in [0.15, 0.2) is 42.6 Å². The summed E-state index contributed by atoms with van der Waals surface area (Å²) >= 11 is 0. The van der Waals surface area contributed by atoms with Crippen LogP contribution in [0.2, 0.25) is 0 Å². The number of benzene rings is 1. The molecule has 0 spiro atoms. The second kappa shape index (κ2) is 8.05. The third kappa shape index (κ3) is 4.45. The fourth-order valence-electron chi connectivity index (χ4n) is 3.48. The van der Waals surface area contributed by atoms with Gasteiger partial charge in [-0.15, -0.1) is 0 Å². The second-order valence-corrected chi connectivity index (χ2v) is 7.42. The van der Waals surface area contributed by atoms with Crippen molar-refractivity contribution in [3.63, 3.8) is 0 Å². The minimum atomic E-state index is -0.371. The predicted octanol–water partition coefficient (Wildman–Crippen LogP) is 3.57. The van der Waals surface area contributed by atoms with Crippen molar-refractivity contribution in [1.82, 2.24) is 15.2 Å². The van der Waals surface area contributed by atoms with Gasteiger partial charge >= 0.3 is 0 Å². The summed E-state index contributed by atoms with van der Waals surface area (Å²) in [5, 5.41) is 6.59. The molecule has 1 saturated carbocycles. The fraction of sp³-hybridized carbons (Fsp3) is 0.429. The first-order chi connectivity index (χ1) is 13.2. The molecule has 1 aliphatic carbocycles. The van der Waals surface area contributed by atoms with E-state index in [0.717, 1.165) is 38.4 Å². The summed E-state index contributed by atoms with van der Waals surface area (Å²) in [6.45, 7) is 2.57. The predicted molar refractivity (Wildman–Crippen MR) is 104 cm³/mol. The van der Waals surface area contributed by atoms with Crippen LogP contribution >= 0.6 is 0 Å². The lowest BCUT2D eigenvalue weighted by atomic mass is 10.0. The van der Waals surface area contributed by atoms with Crippen LogP contribution in [-0.2, 0) is 0 Å². The smallest absolute Gasteiger partial charge is 0.257 e. The number of para-hydroxylation sites is 1. The largest absolute Gasteiger partial charge is 0.338 e. The van der Waals surface area contributed by atoms with Crippen LogP contribution in [0.5, 0.6) is 0 Å². The van der Waals surface area contributed by atoms with E-state index in [-0.39, 0.29) is 11.7 Å². The number of nitrogens with one attached hydrogen (secondary N) is 2. The molecule has 0 bridgehead atoms. The molecule has 142 valence electrons. The Hall–Kier alpha value is -2.47. The number of rotatable bonds is 6. The first-order valence-corrected chi connectivity index (χ1v) is 9.70. The molecule has 1 aromatic heterocycles. The molecule has 0 radical (unpaired) electrons. The van der Waals surface area contributed by atoms with Crippen molar-refractivity contribution in [2.75, 3.05) is 25.0 Å². The van der Waals surface area contributed by atoms with E-state index in [0.29, 0.717) is 23.1 Å². The molecule has 2 aliphatic rings. The Labute approximate surface area is 159 Å². The van der Waals surface area contributed by atoms with Crippen molar-refractivity contribution < 1.29 is 9.18 Å². The number of carbonyl (C=O) groups excluding carboxylic acids is 1. The number of likely N-dealkylation sites (tertiary alicyclic amines) is 1. The van der Waals surface area contributed by atoms with Crippen molar-refractivity contribution >= 4 is 17.4 Å². The SMILES string of the molecule is O=C(c1cccnc1Nc1ccccc1F)N1CCC(NCC2CC2)CC1. The average Bonchev–Trinajstić information content (AvgIpc) is 3.53. The number of nitrogens with zero attached hydrogens (tertiary/aromatic N) is 2. The number of carbonyl (C=O) groups is 1. The van der Waals surface area contributed by atoms with E-state index in [1.807, 2.05) is 4.90 Å². The van der Waals surface area contributed by atoms with Crippen molar-refractivity contribution in [3.8, 4) is 0 Å². The maximum absolute atomic E-state index is 13.9. The summed E-state index contributed by atoms with van der Waals surface area (Å²) in [7, 11) is 0. The Kier molecular flexibility index (Phi) is 5.34. The highest BCUT2D eigenvalue weighted by molar-refractivity contribution is 5.99. The maximum Gasteiger partial charge on any atom is 0.257 e. The van der Waals surface area contributed by atoms with Gasteiger partial charge in [0.25, 0.3) is 5.91 Å². The average molecular weight is 368 g/mol. The summed E-state index contributed by atoms with van der Waals surface area (Å²) in [4.78, 5) is 19.1. The molecule has 1 saturated heterocycles. The first-order valence-electron chi connectivity index (χ1n) is 9.70. The number of hydrogen-bond donors (Lipinski definition) is 2. The van der Waals surface area contributed by atoms with E-state index in [1.165, 1.54) is 18.9 Å². The number of pyridine rings is 1. The second-order valence-electron chi connectivity index (χ2n) is 7.42. The van der Waals surface area contributed by atoms with Crippen LogP contribution in [0.3, 0.4) is 0 Å². The van der Waals surface area contributed by atoms with Crippen LogP contribution in [0.1, 0.15) is 36.0 Å². The fourth-order valence-corrected chi connectivity index (χ4v) is 3.48. The molecule has 2 fully saturated rings. The van der Waals surface area contributed by atoms with Gasteiger partial charge in [-0.1, -0.05) is 12.1 Å². The third-order valence-corrected chi connectivity index (χ3v) is 5.34. The highest BCUT2D eigenvalue weighted by Crippen LogP contribution is 2.28. The van der Waals surface area contributed by atoms with E-state index in [4.69, 9.17) is 0 Å². The Morgan fingerprint density at radius 2 is 1.89 bits per heavy atom. The third-order valence-electron chi connectivity index (χ3n) is 5.34. The molecule has 2 N–H and O–H groups in total. The topological polar surface area (TPSA) is 57.3 Å². The van der Waals surface area contributed by atoms with Gasteiger partial charge in [-0.25, -0.2) is 9.37 Å². The van der Waals surface area contributed by atoms with Crippen molar-refractivity contribution in [2.45, 2.75) is 31.7 Å². The van der Waals surface area contributed by atoms with Crippen molar-refractivity contribution in [3.05, 3.63) is 54.0 Å². The molecular formula is C21H25FN4O. The monoisotopic (exact) mass is 368 g/mol. The van der Waals surface area contributed by atoms with Gasteiger partial charge < -0.3 is 15.5 Å². The molecule has 1 aromatic carbocycles. The van der Waals surface area contributed by atoms with Gasteiger partial charge in [0.15, 0.2) is 0 Å². The lowest BCUT2D eigenvalue weighted by molar-refractivity contribution is 0.0705. The number of halogens is 1. The number of amides is 1. The quantitative estimate of drug-likeness (QED) is 0.818. The van der Waals surface area contributed by atoms with E-state index in [9.17, 15) is 9.18 Å². The molecular weight excluding hydrogens is 343 g/mol. The van der Waals surface area contributed by atoms with Crippen molar-refractivity contribution in [2.24, 2.45) is 5.92 Å². The number of piperidine rings is 1. The molecule has 0 unspecified atom stereocenters. The maximum atomic E-state index is 13.9. The zero-order chi connectivity index (χ0) is 18.6. The van der Waals surface area contributed by atoms with Crippen molar-refractivity contribution in [1.29, 1.82) is 0 Å². The molecule has 27 heavy (non-hydrogen) atoms. The molecule has 0 atom stereocenters. The minimum absolute atomic E-state index is 0.0532. The Balaban J connectivity index is 1.41. The van der Waals surface area contributed by atoms with Crippen LogP contribution in [0.25, 0.3) is 0 Å². The summed E-state index contributed by atoms with van der Waals surface area (Å²) in [6.07, 6.45) is 6.24. The van der Waals surface area contributed by atoms with Gasteiger partial charge in [-0.3, -0.25) is 4.79 Å². The molecule has 5 nitrogen and oxygen atoms in total. The van der Waals surface area contributed by atoms with Crippen LogP contribution in [0, 0.1) is 11.7 Å². The Morgan fingerprint density at radius 1 is 1.11 bits per heavy atom. The van der Waals surface area contributed by atoms with E-state index in [1.54, 1.807) is 36.5 Å². The first kappa shape index (κ1) is 17.9. The zero-order valence-electron chi connectivity index (χ0n) is 15.3. The van der Waals surface area contributed by atoms with Crippen LogP contribution in [0.4, 0.5) is 15.9 Å². The normalized spacial score (nSPS) is 17.7. The molecule has 2 aromatic rings. The van der Waals surface area contributed by atoms with Gasteiger partial charge in [-0.2, -0.15) is 0 Å². The van der Waals surface area contributed by atoms with Gasteiger partial charge in [0.05, 0.1) is 11.3 Å². The zero-order valence-corrected chi connectivity index (χ0v) is 15.3. The molecule has 1 aliphatic heterocycles. The van der Waals surface area contributed by atoms with Gasteiger partial charge in [-0.05, 0) is 62.4 Å². The van der Waals surface area contributed by atoms with Gasteiger partial charge in [0.2, 0.25) is 0 Å². The van der Waals surface area contributed by atoms with Gasteiger partial charge in [0, 0.05) is 25.3 Å².